The number of aliphatic hydroxyl groups excluding tert-OH is 1. The van der Waals surface area contributed by atoms with Gasteiger partial charge in [0.25, 0.3) is 5.91 Å². The van der Waals surface area contributed by atoms with Crippen molar-refractivity contribution < 1.29 is 14.7 Å². The van der Waals surface area contributed by atoms with Gasteiger partial charge in [-0.25, -0.2) is 0 Å². The van der Waals surface area contributed by atoms with Gasteiger partial charge in [-0.2, -0.15) is 0 Å². The van der Waals surface area contributed by atoms with Gasteiger partial charge in [-0.3, -0.25) is 9.59 Å². The number of piperidine rings is 1. The number of carbonyl (C=O) groups excluding carboxylic acids is 2. The predicted octanol–water partition coefficient (Wildman–Crippen LogP) is 1.09. The minimum Gasteiger partial charge on any atom is -0.395 e. The summed E-state index contributed by atoms with van der Waals surface area (Å²) in [5.74, 6) is 0.138. The van der Waals surface area contributed by atoms with Gasteiger partial charge in [-0.15, -0.1) is 0 Å². The van der Waals surface area contributed by atoms with E-state index in [4.69, 9.17) is 5.11 Å². The van der Waals surface area contributed by atoms with Gasteiger partial charge in [-0.1, -0.05) is 0 Å². The summed E-state index contributed by atoms with van der Waals surface area (Å²) in [5.41, 5.74) is 2.33. The molecule has 1 aromatic heterocycles. The highest BCUT2D eigenvalue weighted by molar-refractivity contribution is 5.97. The molecule has 1 spiro atoms. The van der Waals surface area contributed by atoms with Crippen molar-refractivity contribution in [3.63, 3.8) is 0 Å². The van der Waals surface area contributed by atoms with Crippen LogP contribution in [0.3, 0.4) is 0 Å². The van der Waals surface area contributed by atoms with Crippen molar-refractivity contribution in [3.8, 4) is 0 Å². The van der Waals surface area contributed by atoms with Crippen LogP contribution in [-0.2, 0) is 11.8 Å². The SMILES string of the molecule is Cc1cc(C(=O)N2CCC3(CCCN(CCO)C3=O)C2)c(C)n1C. The Balaban J connectivity index is 1.78. The highest BCUT2D eigenvalue weighted by atomic mass is 16.3. The van der Waals surface area contributed by atoms with E-state index in [1.807, 2.05) is 36.4 Å². The molecule has 0 aromatic carbocycles. The van der Waals surface area contributed by atoms with Crippen molar-refractivity contribution in [2.75, 3.05) is 32.8 Å². The van der Waals surface area contributed by atoms with Crippen molar-refractivity contribution in [2.24, 2.45) is 12.5 Å². The lowest BCUT2D eigenvalue weighted by atomic mass is 9.78. The van der Waals surface area contributed by atoms with Crippen molar-refractivity contribution >= 4 is 11.8 Å². The van der Waals surface area contributed by atoms with Crippen LogP contribution in [-0.4, -0.2) is 64.1 Å². The maximum absolute atomic E-state index is 12.9. The highest BCUT2D eigenvalue weighted by Crippen LogP contribution is 2.40. The number of carbonyl (C=O) groups is 2. The average Bonchev–Trinajstić information content (AvgIpc) is 3.10. The molecular formula is C18H27N3O3. The molecule has 1 aromatic rings. The molecule has 0 bridgehead atoms. The number of aromatic nitrogens is 1. The van der Waals surface area contributed by atoms with Crippen LogP contribution < -0.4 is 0 Å². The van der Waals surface area contributed by atoms with E-state index in [0.29, 0.717) is 26.2 Å². The molecule has 0 aliphatic carbocycles. The monoisotopic (exact) mass is 333 g/mol. The predicted molar refractivity (Wildman–Crippen MR) is 90.7 cm³/mol. The Hall–Kier alpha value is -1.82. The molecular weight excluding hydrogens is 306 g/mol. The molecule has 6 nitrogen and oxygen atoms in total. The minimum absolute atomic E-state index is 0.00699. The Morgan fingerprint density at radius 1 is 1.29 bits per heavy atom. The van der Waals surface area contributed by atoms with Crippen LogP contribution in [0, 0.1) is 19.3 Å². The van der Waals surface area contributed by atoms with Gasteiger partial charge in [0.05, 0.1) is 17.6 Å². The first-order valence-electron chi connectivity index (χ1n) is 8.72. The fourth-order valence-corrected chi connectivity index (χ4v) is 4.15. The Morgan fingerprint density at radius 2 is 2.04 bits per heavy atom. The Morgan fingerprint density at radius 3 is 2.67 bits per heavy atom. The first-order valence-corrected chi connectivity index (χ1v) is 8.72. The molecule has 1 N–H and O–H groups in total. The van der Waals surface area contributed by atoms with E-state index in [-0.39, 0.29) is 18.4 Å². The van der Waals surface area contributed by atoms with Crippen molar-refractivity contribution in [1.82, 2.24) is 14.4 Å². The number of hydrogen-bond acceptors (Lipinski definition) is 3. The van der Waals surface area contributed by atoms with Gasteiger partial charge in [0.2, 0.25) is 5.91 Å². The van der Waals surface area contributed by atoms with E-state index in [9.17, 15) is 9.59 Å². The molecule has 1 atom stereocenters. The van der Waals surface area contributed by atoms with Gasteiger partial charge in [-0.05, 0) is 39.2 Å². The van der Waals surface area contributed by atoms with Gasteiger partial charge in [0.15, 0.2) is 0 Å². The molecule has 6 heteroatoms. The number of aryl methyl sites for hydroxylation is 1. The third kappa shape index (κ3) is 2.62. The van der Waals surface area contributed by atoms with Crippen LogP contribution in [0.5, 0.6) is 0 Å². The van der Waals surface area contributed by atoms with Gasteiger partial charge >= 0.3 is 0 Å². The number of hydrogen-bond donors (Lipinski definition) is 1. The Kier molecular flexibility index (Phi) is 4.42. The fraction of sp³-hybridized carbons (Fsp3) is 0.667. The number of nitrogens with zero attached hydrogens (tertiary/aromatic N) is 3. The largest absolute Gasteiger partial charge is 0.395 e. The summed E-state index contributed by atoms with van der Waals surface area (Å²) in [4.78, 5) is 29.4. The van der Waals surface area contributed by atoms with Crippen LogP contribution in [0.15, 0.2) is 6.07 Å². The van der Waals surface area contributed by atoms with E-state index < -0.39 is 5.41 Å². The van der Waals surface area contributed by atoms with E-state index in [1.54, 1.807) is 4.90 Å². The van der Waals surface area contributed by atoms with Crippen molar-refractivity contribution in [3.05, 3.63) is 23.0 Å². The first-order chi connectivity index (χ1) is 11.4. The second-order valence-electron chi connectivity index (χ2n) is 7.22. The average molecular weight is 333 g/mol. The van der Waals surface area contributed by atoms with Crippen LogP contribution >= 0.6 is 0 Å². The molecule has 132 valence electrons. The molecule has 0 radical (unpaired) electrons. The number of β-amino-alcohol motifs (C(OH)–C–C–N with tert-alkyl or cyclic N) is 1. The summed E-state index contributed by atoms with van der Waals surface area (Å²) in [7, 11) is 1.96. The molecule has 3 heterocycles. The zero-order chi connectivity index (χ0) is 17.5. The van der Waals surface area contributed by atoms with Crippen LogP contribution in [0.25, 0.3) is 0 Å². The third-order valence-electron chi connectivity index (χ3n) is 5.84. The summed E-state index contributed by atoms with van der Waals surface area (Å²) in [6, 6.07) is 1.93. The standard InChI is InChI=1S/C18H27N3O3/c1-13-11-15(14(2)19(13)3)16(23)21-8-6-18(12-21)5-4-7-20(9-10-22)17(18)24/h11,22H,4-10,12H2,1-3H3. The van der Waals surface area contributed by atoms with Crippen molar-refractivity contribution in [2.45, 2.75) is 33.1 Å². The zero-order valence-corrected chi connectivity index (χ0v) is 14.8. The van der Waals surface area contributed by atoms with E-state index in [2.05, 4.69) is 0 Å². The molecule has 2 saturated heterocycles. The number of aliphatic hydroxyl groups is 1. The first kappa shape index (κ1) is 17.0. The molecule has 24 heavy (non-hydrogen) atoms. The summed E-state index contributed by atoms with van der Waals surface area (Å²) in [6.07, 6.45) is 2.51. The second-order valence-corrected chi connectivity index (χ2v) is 7.22. The van der Waals surface area contributed by atoms with E-state index in [0.717, 1.165) is 36.2 Å². The Bertz CT molecular complexity index is 665. The summed E-state index contributed by atoms with van der Waals surface area (Å²) in [5, 5.41) is 9.15. The van der Waals surface area contributed by atoms with Gasteiger partial charge in [0.1, 0.15) is 0 Å². The normalized spacial score (nSPS) is 24.2. The fourth-order valence-electron chi connectivity index (χ4n) is 4.15. The van der Waals surface area contributed by atoms with Gasteiger partial charge < -0.3 is 19.5 Å². The summed E-state index contributed by atoms with van der Waals surface area (Å²) >= 11 is 0. The van der Waals surface area contributed by atoms with Crippen LogP contribution in [0.4, 0.5) is 0 Å². The van der Waals surface area contributed by atoms with Gasteiger partial charge in [0, 0.05) is 44.6 Å². The van der Waals surface area contributed by atoms with E-state index >= 15 is 0 Å². The lowest BCUT2D eigenvalue weighted by Crippen LogP contribution is -2.51. The third-order valence-corrected chi connectivity index (χ3v) is 5.84. The van der Waals surface area contributed by atoms with Crippen LogP contribution in [0.1, 0.15) is 41.0 Å². The molecule has 2 aliphatic heterocycles. The molecule has 1 unspecified atom stereocenters. The number of amides is 2. The zero-order valence-electron chi connectivity index (χ0n) is 14.8. The number of likely N-dealkylation sites (tertiary alicyclic amines) is 2. The maximum Gasteiger partial charge on any atom is 0.255 e. The summed E-state index contributed by atoms with van der Waals surface area (Å²) in [6.45, 7) is 6.18. The lowest BCUT2D eigenvalue weighted by molar-refractivity contribution is -0.146. The second kappa shape index (κ2) is 6.24. The lowest BCUT2D eigenvalue weighted by Gasteiger charge is -2.39. The maximum atomic E-state index is 12.9. The topological polar surface area (TPSA) is 65.8 Å². The minimum atomic E-state index is -0.444. The smallest absolute Gasteiger partial charge is 0.255 e. The molecule has 2 aliphatic rings. The molecule has 2 fully saturated rings. The number of rotatable bonds is 3. The van der Waals surface area contributed by atoms with Crippen molar-refractivity contribution in [1.29, 1.82) is 0 Å². The summed E-state index contributed by atoms with van der Waals surface area (Å²) < 4.78 is 2.02. The highest BCUT2D eigenvalue weighted by Gasteiger charge is 2.49. The molecule has 2 amide bonds. The molecule has 3 rings (SSSR count). The van der Waals surface area contributed by atoms with Crippen LogP contribution in [0.2, 0.25) is 0 Å². The molecule has 0 saturated carbocycles. The Labute approximate surface area is 143 Å². The van der Waals surface area contributed by atoms with E-state index in [1.165, 1.54) is 0 Å². The quantitative estimate of drug-likeness (QED) is 0.900.